The van der Waals surface area contributed by atoms with Gasteiger partial charge >= 0.3 is 29.6 Å². The molecule has 0 unspecified atom stereocenters. The number of benzene rings is 1. The Morgan fingerprint density at radius 2 is 1.70 bits per heavy atom. The van der Waals surface area contributed by atoms with Gasteiger partial charge in [-0.25, -0.2) is 0 Å². The summed E-state index contributed by atoms with van der Waals surface area (Å²) in [6, 6.07) is 9.23. The van der Waals surface area contributed by atoms with Crippen LogP contribution in [0.3, 0.4) is 0 Å². The van der Waals surface area contributed by atoms with Gasteiger partial charge in [-0.2, -0.15) is 0 Å². The molecule has 48 valence electrons. The van der Waals surface area contributed by atoms with E-state index >= 15 is 0 Å². The first kappa shape index (κ1) is 9.89. The maximum atomic E-state index is 10.6. The van der Waals surface area contributed by atoms with Crippen molar-refractivity contribution < 1.29 is 4.79 Å². The molecule has 0 aliphatic rings. The molecule has 0 radical (unpaired) electrons. The summed E-state index contributed by atoms with van der Waals surface area (Å²) in [4.78, 5) is 10.6. The summed E-state index contributed by atoms with van der Waals surface area (Å²) < 4.78 is 0. The third-order valence-electron chi connectivity index (χ3n) is 1.18. The number of ketones is 1. The molecule has 0 atom stereocenters. The van der Waals surface area contributed by atoms with Crippen LogP contribution in [0.15, 0.2) is 30.3 Å². The summed E-state index contributed by atoms with van der Waals surface area (Å²) in [5.41, 5.74) is 0.775. The van der Waals surface area contributed by atoms with Crippen molar-refractivity contribution in [2.24, 2.45) is 0 Å². The van der Waals surface area contributed by atoms with Crippen LogP contribution in [-0.4, -0.2) is 35.3 Å². The van der Waals surface area contributed by atoms with E-state index in [1.54, 1.807) is 6.92 Å². The Hall–Kier alpha value is -0.110. The van der Waals surface area contributed by atoms with E-state index in [2.05, 4.69) is 0 Å². The minimum atomic E-state index is 0. The van der Waals surface area contributed by atoms with E-state index in [1.165, 1.54) is 0 Å². The van der Waals surface area contributed by atoms with Crippen molar-refractivity contribution in [2.45, 2.75) is 6.92 Å². The molecule has 0 spiro atoms. The Labute approximate surface area is 82.7 Å². The quantitative estimate of drug-likeness (QED) is 0.428. The van der Waals surface area contributed by atoms with Crippen molar-refractivity contribution in [3.8, 4) is 0 Å². The SMILES string of the molecule is CC(=O)c1ccccc1.[NaH]. The van der Waals surface area contributed by atoms with E-state index in [0.29, 0.717) is 0 Å². The van der Waals surface area contributed by atoms with Gasteiger partial charge in [-0.15, -0.1) is 0 Å². The van der Waals surface area contributed by atoms with Crippen molar-refractivity contribution in [1.29, 1.82) is 0 Å². The third-order valence-corrected chi connectivity index (χ3v) is 1.18. The van der Waals surface area contributed by atoms with Crippen LogP contribution in [0.5, 0.6) is 0 Å². The molecule has 0 N–H and O–H groups in total. The Bertz CT molecular complexity index is 206. The molecule has 1 aromatic rings. The van der Waals surface area contributed by atoms with E-state index in [9.17, 15) is 4.79 Å². The van der Waals surface area contributed by atoms with E-state index in [-0.39, 0.29) is 35.3 Å². The average molecular weight is 144 g/mol. The Balaban J connectivity index is 0.000000810. The fourth-order valence-corrected chi connectivity index (χ4v) is 0.673. The number of hydrogen-bond donors (Lipinski definition) is 0. The van der Waals surface area contributed by atoms with Crippen LogP contribution < -0.4 is 0 Å². The molecule has 1 nitrogen and oxygen atoms in total. The van der Waals surface area contributed by atoms with E-state index in [1.807, 2.05) is 30.3 Å². The van der Waals surface area contributed by atoms with Crippen molar-refractivity contribution in [1.82, 2.24) is 0 Å². The van der Waals surface area contributed by atoms with Gasteiger partial charge in [-0.1, -0.05) is 30.3 Å². The first-order valence-corrected chi connectivity index (χ1v) is 2.86. The van der Waals surface area contributed by atoms with Crippen molar-refractivity contribution in [3.63, 3.8) is 0 Å². The molecule has 0 saturated heterocycles. The van der Waals surface area contributed by atoms with Crippen molar-refractivity contribution in [3.05, 3.63) is 35.9 Å². The number of hydrogen-bond acceptors (Lipinski definition) is 1. The standard InChI is InChI=1S/C8H8O.Na.H/c1-7(9)8-5-3-2-4-6-8;;/h2-6H,1H3;;. The van der Waals surface area contributed by atoms with Gasteiger partial charge in [0.05, 0.1) is 0 Å². The second kappa shape index (κ2) is 4.67. The topological polar surface area (TPSA) is 17.1 Å². The monoisotopic (exact) mass is 144 g/mol. The maximum absolute atomic E-state index is 10.6. The summed E-state index contributed by atoms with van der Waals surface area (Å²) >= 11 is 0. The fraction of sp³-hybridized carbons (Fsp3) is 0.125. The zero-order valence-electron chi connectivity index (χ0n) is 5.29. The summed E-state index contributed by atoms with van der Waals surface area (Å²) in [5, 5.41) is 0. The van der Waals surface area contributed by atoms with E-state index in [4.69, 9.17) is 0 Å². The van der Waals surface area contributed by atoms with Crippen LogP contribution in [-0.2, 0) is 0 Å². The summed E-state index contributed by atoms with van der Waals surface area (Å²) in [6.07, 6.45) is 0. The third kappa shape index (κ3) is 2.65. The van der Waals surface area contributed by atoms with Gasteiger partial charge in [0.1, 0.15) is 0 Å². The molecule has 10 heavy (non-hydrogen) atoms. The first-order chi connectivity index (χ1) is 4.30. The van der Waals surface area contributed by atoms with Crippen LogP contribution in [0.25, 0.3) is 0 Å². The molecule has 0 heterocycles. The van der Waals surface area contributed by atoms with Gasteiger partial charge in [0.2, 0.25) is 0 Å². The van der Waals surface area contributed by atoms with Crippen LogP contribution in [0, 0.1) is 0 Å². The molecule has 0 fully saturated rings. The first-order valence-electron chi connectivity index (χ1n) is 2.86. The second-order valence-corrected chi connectivity index (χ2v) is 1.92. The van der Waals surface area contributed by atoms with Crippen LogP contribution in [0.4, 0.5) is 0 Å². The minimum absolute atomic E-state index is 0. The second-order valence-electron chi connectivity index (χ2n) is 1.92. The molecule has 0 bridgehead atoms. The summed E-state index contributed by atoms with van der Waals surface area (Å²) in [6.45, 7) is 1.56. The average Bonchev–Trinajstić information content (AvgIpc) is 1.90. The van der Waals surface area contributed by atoms with Crippen molar-refractivity contribution >= 4 is 35.3 Å². The van der Waals surface area contributed by atoms with Gasteiger partial charge in [0.15, 0.2) is 5.78 Å². The van der Waals surface area contributed by atoms with Gasteiger partial charge in [0.25, 0.3) is 0 Å². The molecule has 0 aliphatic heterocycles. The molecule has 0 saturated carbocycles. The normalized spacial score (nSPS) is 8.10. The van der Waals surface area contributed by atoms with Crippen LogP contribution >= 0.6 is 0 Å². The zero-order valence-corrected chi connectivity index (χ0v) is 5.29. The Morgan fingerprint density at radius 3 is 2.00 bits per heavy atom. The molecule has 1 aromatic carbocycles. The molecule has 0 aliphatic carbocycles. The van der Waals surface area contributed by atoms with Gasteiger partial charge in [0, 0.05) is 5.56 Å². The number of Topliss-reactive ketones (excluding diaryl/α,β-unsaturated/α-hetero) is 1. The fourth-order valence-electron chi connectivity index (χ4n) is 0.673. The van der Waals surface area contributed by atoms with Crippen LogP contribution in [0.2, 0.25) is 0 Å². The molecular formula is C8H9NaO. The van der Waals surface area contributed by atoms with Gasteiger partial charge < -0.3 is 0 Å². The summed E-state index contributed by atoms with van der Waals surface area (Å²) in [5.74, 6) is 0.121. The Morgan fingerprint density at radius 1 is 1.20 bits per heavy atom. The van der Waals surface area contributed by atoms with Crippen molar-refractivity contribution in [2.75, 3.05) is 0 Å². The van der Waals surface area contributed by atoms with Crippen LogP contribution in [0.1, 0.15) is 17.3 Å². The number of carbonyl (C=O) groups is 1. The van der Waals surface area contributed by atoms with Gasteiger partial charge in [-0.05, 0) is 6.92 Å². The molecular weight excluding hydrogens is 135 g/mol. The predicted octanol–water partition coefficient (Wildman–Crippen LogP) is 1.24. The zero-order chi connectivity index (χ0) is 6.69. The number of rotatable bonds is 1. The Kier molecular flexibility index (Phi) is 4.62. The predicted molar refractivity (Wildman–Crippen MR) is 43.6 cm³/mol. The molecule has 1 rings (SSSR count). The van der Waals surface area contributed by atoms with Gasteiger partial charge in [-0.3, -0.25) is 4.79 Å². The summed E-state index contributed by atoms with van der Waals surface area (Å²) in [7, 11) is 0. The molecule has 0 amide bonds. The van der Waals surface area contributed by atoms with E-state index in [0.717, 1.165) is 5.56 Å². The molecule has 0 aromatic heterocycles. The molecule has 2 heteroatoms. The number of carbonyl (C=O) groups excluding carboxylic acids is 1. The van der Waals surface area contributed by atoms with E-state index < -0.39 is 0 Å².